The van der Waals surface area contributed by atoms with Crippen LogP contribution in [0.3, 0.4) is 0 Å². The van der Waals surface area contributed by atoms with Gasteiger partial charge in [0.05, 0.1) is 12.3 Å². The van der Waals surface area contributed by atoms with Gasteiger partial charge in [0.25, 0.3) is 0 Å². The van der Waals surface area contributed by atoms with Crippen molar-refractivity contribution in [1.82, 2.24) is 9.78 Å². The van der Waals surface area contributed by atoms with Crippen LogP contribution in [-0.4, -0.2) is 41.1 Å². The minimum absolute atomic E-state index is 0.00850. The molecule has 0 spiro atoms. The number of nitrogens with zero attached hydrogens (tertiary/aromatic N) is 4. The molecule has 2 aromatic carbocycles. The van der Waals surface area contributed by atoms with E-state index in [1.807, 2.05) is 32.9 Å². The molecule has 0 bridgehead atoms. The monoisotopic (exact) mass is 564 g/mol. The van der Waals surface area contributed by atoms with Crippen LogP contribution in [0, 0.1) is 27.3 Å². The Hall–Kier alpha value is -3.34. The van der Waals surface area contributed by atoms with E-state index in [0.717, 1.165) is 71.8 Å². The average molecular weight is 565 g/mol. The molecule has 214 valence electrons. The van der Waals surface area contributed by atoms with Gasteiger partial charge in [0, 0.05) is 47.4 Å². The molecule has 1 heterocycles. The molecule has 0 aliphatic rings. The number of unbranched alkanes of at least 4 members (excludes halogenated alkanes) is 2. The highest BCUT2D eigenvalue weighted by Gasteiger charge is 2.18. The van der Waals surface area contributed by atoms with Crippen LogP contribution >= 0.6 is 11.6 Å². The predicted molar refractivity (Wildman–Crippen MR) is 163 cm³/mol. The number of hydrogen-bond donors (Lipinski definition) is 0. The molecule has 7 nitrogen and oxygen atoms in total. The lowest BCUT2D eigenvalue weighted by Crippen LogP contribution is -2.26. The van der Waals surface area contributed by atoms with E-state index in [-0.39, 0.29) is 12.6 Å². The van der Waals surface area contributed by atoms with Crippen molar-refractivity contribution in [3.8, 4) is 11.1 Å². The maximum absolute atomic E-state index is 11.7. The number of aryl methyl sites for hydroxylation is 3. The number of carbonyl (C=O) groups excluding carboxylic acids is 1. The van der Waals surface area contributed by atoms with E-state index in [1.165, 1.54) is 0 Å². The van der Waals surface area contributed by atoms with Crippen molar-refractivity contribution in [2.24, 2.45) is 0 Å². The number of halogens is 1. The average Bonchev–Trinajstić information content (AvgIpc) is 3.16. The molecule has 0 radical (unpaired) electrons. The van der Waals surface area contributed by atoms with Gasteiger partial charge >= 0.3 is 5.97 Å². The van der Waals surface area contributed by atoms with Gasteiger partial charge in [-0.05, 0) is 97.1 Å². The van der Waals surface area contributed by atoms with Crippen molar-refractivity contribution in [2.45, 2.75) is 79.9 Å². The molecular formula is C32H41ClN4O3. The van der Waals surface area contributed by atoms with Crippen LogP contribution in [0.15, 0.2) is 36.4 Å². The van der Waals surface area contributed by atoms with Crippen molar-refractivity contribution < 1.29 is 14.3 Å². The molecule has 0 fully saturated rings. The van der Waals surface area contributed by atoms with Crippen molar-refractivity contribution in [2.75, 3.05) is 24.7 Å². The zero-order chi connectivity index (χ0) is 29.4. The summed E-state index contributed by atoms with van der Waals surface area (Å²) < 4.78 is 12.8. The summed E-state index contributed by atoms with van der Waals surface area (Å²) in [5.41, 5.74) is 7.60. The topological polar surface area (TPSA) is 61.0 Å². The van der Waals surface area contributed by atoms with Crippen LogP contribution in [-0.2, 0) is 20.8 Å². The number of hydrogen-bond acceptors (Lipinski definition) is 5. The second-order valence-electron chi connectivity index (χ2n) is 11.0. The fraction of sp³-hybridized carbons (Fsp3) is 0.469. The van der Waals surface area contributed by atoms with Gasteiger partial charge < -0.3 is 14.4 Å². The Labute approximate surface area is 243 Å². The number of carbonyl (C=O) groups is 1. The third kappa shape index (κ3) is 8.09. The van der Waals surface area contributed by atoms with Gasteiger partial charge in [-0.2, -0.15) is 5.10 Å². The molecule has 0 saturated carbocycles. The molecule has 40 heavy (non-hydrogen) atoms. The number of anilines is 2. The first kappa shape index (κ1) is 31.2. The van der Waals surface area contributed by atoms with Crippen molar-refractivity contribution in [1.29, 1.82) is 0 Å². The zero-order valence-electron chi connectivity index (χ0n) is 24.8. The summed E-state index contributed by atoms with van der Waals surface area (Å²) in [6.45, 7) is 23.3. The van der Waals surface area contributed by atoms with Crippen molar-refractivity contribution >= 4 is 34.6 Å². The summed E-state index contributed by atoms with van der Waals surface area (Å²) in [5.74, 6) is -0.328. The SMILES string of the molecule is [C-]#[N+]c1ccc(N(CC)c2cc(-c3c(C)nn(CCCCCOCC(=O)OC(C)(C)C)c3C)ccc2C)cc1Cl. The lowest BCUT2D eigenvalue weighted by Gasteiger charge is -2.26. The largest absolute Gasteiger partial charge is 0.458 e. The molecule has 0 aliphatic carbocycles. The van der Waals surface area contributed by atoms with Gasteiger partial charge in [0.2, 0.25) is 5.69 Å². The molecule has 3 aromatic rings. The van der Waals surface area contributed by atoms with E-state index >= 15 is 0 Å². The first-order chi connectivity index (χ1) is 18.9. The van der Waals surface area contributed by atoms with Crippen molar-refractivity contribution in [3.63, 3.8) is 0 Å². The summed E-state index contributed by atoms with van der Waals surface area (Å²) in [5, 5.41) is 5.31. The lowest BCUT2D eigenvalue weighted by molar-refractivity contribution is -0.160. The molecule has 0 aliphatic heterocycles. The Bertz CT molecular complexity index is 1370. The van der Waals surface area contributed by atoms with E-state index in [1.54, 1.807) is 6.07 Å². The molecule has 1 aromatic heterocycles. The smallest absolute Gasteiger partial charge is 0.332 e. The van der Waals surface area contributed by atoms with Crippen LogP contribution in [0.2, 0.25) is 5.02 Å². The summed E-state index contributed by atoms with van der Waals surface area (Å²) in [6, 6.07) is 12.1. The summed E-state index contributed by atoms with van der Waals surface area (Å²) in [4.78, 5) is 17.5. The van der Waals surface area contributed by atoms with E-state index in [4.69, 9.17) is 32.7 Å². The van der Waals surface area contributed by atoms with Gasteiger partial charge in [0.1, 0.15) is 12.2 Å². The van der Waals surface area contributed by atoms with Crippen molar-refractivity contribution in [3.05, 3.63) is 69.8 Å². The van der Waals surface area contributed by atoms with Gasteiger partial charge in [0.15, 0.2) is 0 Å². The number of benzene rings is 2. The van der Waals surface area contributed by atoms with E-state index < -0.39 is 5.60 Å². The number of aromatic nitrogens is 2. The van der Waals surface area contributed by atoms with Crippen LogP contribution in [0.1, 0.15) is 63.9 Å². The Morgan fingerprint density at radius 1 is 1.10 bits per heavy atom. The third-order valence-electron chi connectivity index (χ3n) is 6.65. The van der Waals surface area contributed by atoms with Crippen LogP contribution in [0.5, 0.6) is 0 Å². The molecule has 0 amide bonds. The molecule has 0 saturated heterocycles. The molecule has 0 atom stereocenters. The minimum Gasteiger partial charge on any atom is -0.458 e. The standard InChI is InChI=1S/C32H41ClN4O3/c1-9-36(26-15-16-28(34-8)27(33)20-26)29-19-25(14-13-22(29)2)31-23(3)35-37(24(31)4)17-11-10-12-18-39-21-30(38)40-32(5,6)7/h13-16,19-20H,9-12,17-18,21H2,1-7H3. The fourth-order valence-corrected chi connectivity index (χ4v) is 5.02. The first-order valence-electron chi connectivity index (χ1n) is 13.8. The number of ether oxygens (including phenoxy) is 2. The molecule has 8 heteroatoms. The molecular weight excluding hydrogens is 524 g/mol. The van der Waals surface area contributed by atoms with Gasteiger partial charge in [-0.1, -0.05) is 29.8 Å². The maximum Gasteiger partial charge on any atom is 0.332 e. The Morgan fingerprint density at radius 3 is 2.50 bits per heavy atom. The number of rotatable bonds is 12. The lowest BCUT2D eigenvalue weighted by atomic mass is 10.00. The van der Waals surface area contributed by atoms with Gasteiger partial charge in [-0.3, -0.25) is 4.68 Å². The zero-order valence-corrected chi connectivity index (χ0v) is 25.6. The fourth-order valence-electron chi connectivity index (χ4n) is 4.80. The minimum atomic E-state index is -0.491. The molecule has 3 rings (SSSR count). The van der Waals surface area contributed by atoms with Crippen LogP contribution < -0.4 is 4.90 Å². The highest BCUT2D eigenvalue weighted by atomic mass is 35.5. The quantitative estimate of drug-likeness (QED) is 0.126. The van der Waals surface area contributed by atoms with Gasteiger partial charge in [-0.25, -0.2) is 9.64 Å². The maximum atomic E-state index is 11.7. The molecule has 0 unspecified atom stereocenters. The highest BCUT2D eigenvalue weighted by molar-refractivity contribution is 6.33. The summed E-state index contributed by atoms with van der Waals surface area (Å²) >= 11 is 6.36. The predicted octanol–water partition coefficient (Wildman–Crippen LogP) is 8.37. The second kappa shape index (κ2) is 13.8. The second-order valence-corrected chi connectivity index (χ2v) is 11.4. The van der Waals surface area contributed by atoms with Crippen LogP contribution in [0.25, 0.3) is 16.0 Å². The Morgan fingerprint density at radius 2 is 1.85 bits per heavy atom. The Kier molecular flexibility index (Phi) is 10.8. The van der Waals surface area contributed by atoms with E-state index in [2.05, 4.69) is 60.3 Å². The number of esters is 1. The van der Waals surface area contributed by atoms with Gasteiger partial charge in [-0.15, -0.1) is 0 Å². The molecule has 0 N–H and O–H groups in total. The van der Waals surface area contributed by atoms with E-state index in [0.29, 0.717) is 17.3 Å². The highest BCUT2D eigenvalue weighted by Crippen LogP contribution is 2.37. The van der Waals surface area contributed by atoms with E-state index in [9.17, 15) is 4.79 Å². The third-order valence-corrected chi connectivity index (χ3v) is 6.95. The first-order valence-corrected chi connectivity index (χ1v) is 14.2. The normalized spacial score (nSPS) is 11.4. The Balaban J connectivity index is 1.66. The van der Waals surface area contributed by atoms with Crippen LogP contribution in [0.4, 0.5) is 17.1 Å². The summed E-state index contributed by atoms with van der Waals surface area (Å²) in [7, 11) is 0. The summed E-state index contributed by atoms with van der Waals surface area (Å²) in [6.07, 6.45) is 2.84.